The van der Waals surface area contributed by atoms with Crippen LogP contribution in [-0.2, 0) is 0 Å². The van der Waals surface area contributed by atoms with Gasteiger partial charge in [-0.2, -0.15) is 15.0 Å². The van der Waals surface area contributed by atoms with Crippen LogP contribution in [-0.4, -0.2) is 28.1 Å². The molecular weight excluding hydrogens is 242 g/mol. The Bertz CT molecular complexity index is 433. The maximum atomic E-state index is 5.66. The minimum atomic E-state index is 0.204. The molecule has 1 aromatic rings. The third-order valence-electron chi connectivity index (χ3n) is 3.86. The Morgan fingerprint density at radius 2 is 1.89 bits per heavy atom. The summed E-state index contributed by atoms with van der Waals surface area (Å²) in [5.41, 5.74) is 5.66. The topological polar surface area (TPSA) is 86.0 Å². The molecule has 0 aliphatic heterocycles. The fourth-order valence-electron chi connectivity index (χ4n) is 2.62. The predicted molar refractivity (Wildman–Crippen MR) is 72.8 cm³/mol. The number of nitrogen functional groups attached to an aromatic ring is 1. The zero-order chi connectivity index (χ0) is 13.2. The summed E-state index contributed by atoms with van der Waals surface area (Å²) in [6.07, 6.45) is 5.53. The summed E-state index contributed by atoms with van der Waals surface area (Å²) >= 11 is 0. The lowest BCUT2D eigenvalue weighted by Crippen LogP contribution is -2.20. The summed E-state index contributed by atoms with van der Waals surface area (Å²) in [7, 11) is 0. The number of nitrogens with one attached hydrogen (secondary N) is 1. The smallest absolute Gasteiger partial charge is 0.323 e. The number of ether oxygens (including phenoxy) is 1. The third-order valence-corrected chi connectivity index (χ3v) is 3.86. The van der Waals surface area contributed by atoms with Crippen molar-refractivity contribution in [2.45, 2.75) is 32.6 Å². The highest BCUT2D eigenvalue weighted by Gasteiger charge is 2.41. The van der Waals surface area contributed by atoms with Crippen LogP contribution in [0.1, 0.15) is 32.6 Å². The molecule has 0 unspecified atom stereocenters. The molecule has 0 atom stereocenters. The van der Waals surface area contributed by atoms with E-state index in [-0.39, 0.29) is 5.95 Å². The second-order valence-corrected chi connectivity index (χ2v) is 5.45. The molecule has 2 fully saturated rings. The summed E-state index contributed by atoms with van der Waals surface area (Å²) < 4.78 is 5.27. The average molecular weight is 263 g/mol. The maximum Gasteiger partial charge on any atom is 0.323 e. The van der Waals surface area contributed by atoms with Crippen LogP contribution in [0.25, 0.3) is 0 Å². The molecule has 0 bridgehead atoms. The minimum absolute atomic E-state index is 0.204. The molecule has 6 nitrogen and oxygen atoms in total. The van der Waals surface area contributed by atoms with Crippen molar-refractivity contribution in [3.8, 4) is 6.01 Å². The van der Waals surface area contributed by atoms with Crippen LogP contribution in [0.15, 0.2) is 0 Å². The fourth-order valence-corrected chi connectivity index (χ4v) is 2.62. The van der Waals surface area contributed by atoms with Crippen LogP contribution in [0.5, 0.6) is 6.01 Å². The first-order valence-corrected chi connectivity index (χ1v) is 7.14. The Balaban J connectivity index is 1.61. The largest absolute Gasteiger partial charge is 0.464 e. The lowest BCUT2D eigenvalue weighted by Gasteiger charge is -2.16. The molecule has 1 aromatic heterocycles. The average Bonchev–Trinajstić information content (AvgIpc) is 3.24. The molecule has 2 aliphatic carbocycles. The summed E-state index contributed by atoms with van der Waals surface area (Å²) in [6.45, 7) is 3.35. The normalized spacial score (nSPS) is 18.6. The third kappa shape index (κ3) is 3.24. The highest BCUT2D eigenvalue weighted by Crippen LogP contribution is 2.49. The van der Waals surface area contributed by atoms with E-state index >= 15 is 0 Å². The van der Waals surface area contributed by atoms with Crippen LogP contribution in [0.4, 0.5) is 11.9 Å². The van der Waals surface area contributed by atoms with Crippen molar-refractivity contribution in [1.82, 2.24) is 15.0 Å². The molecule has 3 N–H and O–H groups in total. The van der Waals surface area contributed by atoms with Gasteiger partial charge in [-0.15, -0.1) is 0 Å². The maximum absolute atomic E-state index is 5.66. The van der Waals surface area contributed by atoms with Gasteiger partial charge < -0.3 is 15.8 Å². The number of nitrogens with zero attached hydrogens (tertiary/aromatic N) is 3. The van der Waals surface area contributed by atoms with E-state index in [0.29, 0.717) is 18.6 Å². The van der Waals surface area contributed by atoms with Crippen molar-refractivity contribution >= 4 is 11.9 Å². The Labute approximate surface area is 113 Å². The zero-order valence-electron chi connectivity index (χ0n) is 11.3. The number of hydrogen-bond acceptors (Lipinski definition) is 6. The van der Waals surface area contributed by atoms with Crippen molar-refractivity contribution in [3.05, 3.63) is 0 Å². The number of hydrogen-bond donors (Lipinski definition) is 2. The van der Waals surface area contributed by atoms with Gasteiger partial charge in [0.15, 0.2) is 0 Å². The van der Waals surface area contributed by atoms with Crippen LogP contribution < -0.4 is 15.8 Å². The zero-order valence-corrected chi connectivity index (χ0v) is 11.3. The molecule has 0 aromatic carbocycles. The highest BCUT2D eigenvalue weighted by atomic mass is 16.5. The summed E-state index contributed by atoms with van der Waals surface area (Å²) in [6, 6.07) is 0.298. The van der Waals surface area contributed by atoms with Crippen molar-refractivity contribution in [3.63, 3.8) is 0 Å². The van der Waals surface area contributed by atoms with Gasteiger partial charge in [0, 0.05) is 6.54 Å². The van der Waals surface area contributed by atoms with E-state index in [1.807, 2.05) is 6.92 Å². The predicted octanol–water partition coefficient (Wildman–Crippen LogP) is 1.70. The van der Waals surface area contributed by atoms with Gasteiger partial charge in [0.05, 0.1) is 6.61 Å². The lowest BCUT2D eigenvalue weighted by molar-refractivity contribution is 0.312. The van der Waals surface area contributed by atoms with Crippen molar-refractivity contribution in [2.75, 3.05) is 24.2 Å². The fraction of sp³-hybridized carbons (Fsp3) is 0.769. The summed E-state index contributed by atoms with van der Waals surface area (Å²) in [5.74, 6) is 3.32. The molecule has 0 saturated heterocycles. The first kappa shape index (κ1) is 12.4. The van der Waals surface area contributed by atoms with Crippen molar-refractivity contribution in [2.24, 2.45) is 17.8 Å². The van der Waals surface area contributed by atoms with Gasteiger partial charge in [-0.3, -0.25) is 0 Å². The second-order valence-electron chi connectivity index (χ2n) is 5.45. The molecule has 0 spiro atoms. The molecule has 3 rings (SSSR count). The van der Waals surface area contributed by atoms with E-state index in [2.05, 4.69) is 20.3 Å². The van der Waals surface area contributed by atoms with Crippen LogP contribution in [0, 0.1) is 17.8 Å². The van der Waals surface area contributed by atoms with Gasteiger partial charge in [-0.05, 0) is 50.4 Å². The van der Waals surface area contributed by atoms with Crippen molar-refractivity contribution < 1.29 is 4.74 Å². The molecule has 6 heteroatoms. The van der Waals surface area contributed by atoms with Crippen LogP contribution >= 0.6 is 0 Å². The number of anilines is 2. The lowest BCUT2D eigenvalue weighted by atomic mass is 9.98. The quantitative estimate of drug-likeness (QED) is 0.778. The van der Waals surface area contributed by atoms with E-state index in [4.69, 9.17) is 10.5 Å². The Hall–Kier alpha value is -1.59. The number of rotatable bonds is 7. The Kier molecular flexibility index (Phi) is 3.40. The van der Waals surface area contributed by atoms with E-state index in [1.165, 1.54) is 25.7 Å². The number of aromatic nitrogens is 3. The summed E-state index contributed by atoms with van der Waals surface area (Å²) in [4.78, 5) is 12.3. The van der Waals surface area contributed by atoms with E-state index in [0.717, 1.165) is 24.3 Å². The van der Waals surface area contributed by atoms with Crippen molar-refractivity contribution in [1.29, 1.82) is 0 Å². The molecule has 19 heavy (non-hydrogen) atoms. The standard InChI is InChI=1S/C13H21N5O/c1-2-19-13-17-11(14)16-12(18-13)15-7-10(8-3-4-8)9-5-6-9/h8-10H,2-7H2,1H3,(H3,14,15,16,17,18). The van der Waals surface area contributed by atoms with Gasteiger partial charge in [-0.1, -0.05) is 0 Å². The first-order valence-electron chi connectivity index (χ1n) is 7.14. The Morgan fingerprint density at radius 1 is 1.21 bits per heavy atom. The molecule has 104 valence electrons. The van der Waals surface area contributed by atoms with Crippen LogP contribution in [0.2, 0.25) is 0 Å². The molecule has 0 radical (unpaired) electrons. The summed E-state index contributed by atoms with van der Waals surface area (Å²) in [5, 5.41) is 3.30. The SMILES string of the molecule is CCOc1nc(N)nc(NCC(C2CC2)C2CC2)n1. The molecule has 1 heterocycles. The van der Waals surface area contributed by atoms with E-state index in [9.17, 15) is 0 Å². The van der Waals surface area contributed by atoms with Crippen LogP contribution in [0.3, 0.4) is 0 Å². The molecule has 2 aliphatic rings. The van der Waals surface area contributed by atoms with E-state index < -0.39 is 0 Å². The van der Waals surface area contributed by atoms with Gasteiger partial charge in [-0.25, -0.2) is 0 Å². The molecular formula is C13H21N5O. The molecule has 2 saturated carbocycles. The minimum Gasteiger partial charge on any atom is -0.464 e. The van der Waals surface area contributed by atoms with Gasteiger partial charge >= 0.3 is 6.01 Å². The number of nitrogens with two attached hydrogens (primary N) is 1. The van der Waals surface area contributed by atoms with Gasteiger partial charge in [0.2, 0.25) is 11.9 Å². The monoisotopic (exact) mass is 263 g/mol. The molecule has 0 amide bonds. The first-order chi connectivity index (χ1) is 9.26. The van der Waals surface area contributed by atoms with E-state index in [1.54, 1.807) is 0 Å². The van der Waals surface area contributed by atoms with Gasteiger partial charge in [0.1, 0.15) is 0 Å². The Morgan fingerprint density at radius 3 is 2.47 bits per heavy atom. The highest BCUT2D eigenvalue weighted by molar-refractivity contribution is 5.32. The second kappa shape index (κ2) is 5.19. The van der Waals surface area contributed by atoms with Gasteiger partial charge in [0.25, 0.3) is 0 Å².